The highest BCUT2D eigenvalue weighted by Crippen LogP contribution is 2.37. The highest BCUT2D eigenvalue weighted by atomic mass is 35.5. The largest absolute Gasteiger partial charge is 0.507 e. The van der Waals surface area contributed by atoms with Gasteiger partial charge in [0.2, 0.25) is 0 Å². The number of thiazole rings is 1. The lowest BCUT2D eigenvalue weighted by molar-refractivity contribution is 0.275. The van der Waals surface area contributed by atoms with Crippen LogP contribution in [0.25, 0.3) is 26.7 Å². The van der Waals surface area contributed by atoms with Crippen molar-refractivity contribution in [3.8, 4) is 11.8 Å². The molecule has 2 aromatic carbocycles. The van der Waals surface area contributed by atoms with E-state index in [1.54, 1.807) is 6.07 Å². The van der Waals surface area contributed by atoms with Crippen LogP contribution in [0.5, 0.6) is 5.75 Å². The van der Waals surface area contributed by atoms with Crippen LogP contribution in [0.2, 0.25) is 10.0 Å². The molecule has 2 heterocycles. The van der Waals surface area contributed by atoms with Gasteiger partial charge in [-0.05, 0) is 37.3 Å². The van der Waals surface area contributed by atoms with Gasteiger partial charge in [-0.2, -0.15) is 5.26 Å². The number of allylic oxidation sites excluding steroid dienone is 1. The molecule has 1 N–H and O–H groups in total. The lowest BCUT2D eigenvalue weighted by Crippen LogP contribution is -2.05. The van der Waals surface area contributed by atoms with Crippen molar-refractivity contribution in [3.05, 3.63) is 69.0 Å². The van der Waals surface area contributed by atoms with E-state index in [1.807, 2.05) is 49.4 Å². The second-order valence-electron chi connectivity index (χ2n) is 6.23. The molecule has 0 bridgehead atoms. The summed E-state index contributed by atoms with van der Waals surface area (Å²) in [5.41, 5.74) is 2.09. The number of benzene rings is 2. The van der Waals surface area contributed by atoms with Crippen molar-refractivity contribution >= 4 is 61.2 Å². The Morgan fingerprint density at radius 1 is 1.17 bits per heavy atom. The molecular formula is C21H13Cl2N3O2S. The molecular weight excluding hydrogens is 429 g/mol. The normalized spacial score (nSPS) is 12.1. The number of aromatic nitrogens is 2. The van der Waals surface area contributed by atoms with Gasteiger partial charge in [-0.25, -0.2) is 9.97 Å². The van der Waals surface area contributed by atoms with Crippen LogP contribution >= 0.6 is 34.5 Å². The fourth-order valence-corrected chi connectivity index (χ4v) is 4.41. The summed E-state index contributed by atoms with van der Waals surface area (Å²) in [4.78, 5) is 8.88. The second kappa shape index (κ2) is 7.88. The first-order valence-electron chi connectivity index (χ1n) is 8.54. The Balaban J connectivity index is 1.70. The van der Waals surface area contributed by atoms with Gasteiger partial charge >= 0.3 is 0 Å². The van der Waals surface area contributed by atoms with Crippen LogP contribution in [0.3, 0.4) is 0 Å². The zero-order valence-electron chi connectivity index (χ0n) is 15.1. The van der Waals surface area contributed by atoms with E-state index in [-0.39, 0.29) is 23.0 Å². The standard InChI is InChI=1S/C21H13Cl2N3O2S/c1-11-6-7-12-14(22)8-15(23)20(19(12)25-11)28-10-17(27)13(9-24)21-26-16-4-2-3-5-18(16)29-21/h2-8,27H,10H2,1H3/b17-13-. The predicted octanol–water partition coefficient (Wildman–Crippen LogP) is 6.33. The molecule has 0 aliphatic heterocycles. The van der Waals surface area contributed by atoms with E-state index >= 15 is 0 Å². The van der Waals surface area contributed by atoms with E-state index in [0.717, 1.165) is 15.9 Å². The SMILES string of the molecule is Cc1ccc2c(Cl)cc(Cl)c(OC/C(O)=C(\C#N)c3nc4ccccc4s3)c2n1. The number of fused-ring (bicyclic) bond motifs is 2. The third-order valence-electron chi connectivity index (χ3n) is 4.24. The minimum absolute atomic E-state index is 0.0599. The molecule has 0 fully saturated rings. The highest BCUT2D eigenvalue weighted by molar-refractivity contribution is 7.19. The molecule has 0 amide bonds. The molecule has 0 unspecified atom stereocenters. The van der Waals surface area contributed by atoms with Crippen molar-refractivity contribution in [1.29, 1.82) is 5.26 Å². The van der Waals surface area contributed by atoms with Gasteiger partial charge in [0.15, 0.2) is 11.5 Å². The summed E-state index contributed by atoms with van der Waals surface area (Å²) < 4.78 is 6.69. The number of aryl methyl sites for hydroxylation is 1. The number of para-hydroxylation sites is 1. The van der Waals surface area contributed by atoms with Gasteiger partial charge < -0.3 is 9.84 Å². The first-order chi connectivity index (χ1) is 14.0. The third kappa shape index (κ3) is 3.73. The maximum atomic E-state index is 10.5. The number of hydrogen-bond donors (Lipinski definition) is 1. The summed E-state index contributed by atoms with van der Waals surface area (Å²) in [5.74, 6) is 0.0567. The summed E-state index contributed by atoms with van der Waals surface area (Å²) in [7, 11) is 0. The average molecular weight is 442 g/mol. The molecule has 144 valence electrons. The molecule has 0 radical (unpaired) electrons. The monoisotopic (exact) mass is 441 g/mol. The average Bonchev–Trinajstić information content (AvgIpc) is 3.11. The smallest absolute Gasteiger partial charge is 0.164 e. The zero-order valence-corrected chi connectivity index (χ0v) is 17.4. The number of hydrogen-bond acceptors (Lipinski definition) is 6. The Hall–Kier alpha value is -2.85. The number of aliphatic hydroxyl groups is 1. The summed E-state index contributed by atoms with van der Waals surface area (Å²) in [6.45, 7) is 1.58. The minimum Gasteiger partial charge on any atom is -0.507 e. The number of nitrogens with zero attached hydrogens (tertiary/aromatic N) is 3. The van der Waals surface area contributed by atoms with Crippen molar-refractivity contribution < 1.29 is 9.84 Å². The Morgan fingerprint density at radius 3 is 2.72 bits per heavy atom. The van der Waals surface area contributed by atoms with Crippen LogP contribution in [-0.4, -0.2) is 21.7 Å². The number of rotatable bonds is 4. The molecule has 0 aliphatic carbocycles. The van der Waals surface area contributed by atoms with Crippen LogP contribution in [0.4, 0.5) is 0 Å². The maximum Gasteiger partial charge on any atom is 0.164 e. The lowest BCUT2D eigenvalue weighted by Gasteiger charge is -2.12. The van der Waals surface area contributed by atoms with Crippen molar-refractivity contribution in [2.45, 2.75) is 6.92 Å². The summed E-state index contributed by atoms with van der Waals surface area (Å²) >= 11 is 13.9. The lowest BCUT2D eigenvalue weighted by atomic mass is 10.2. The predicted molar refractivity (Wildman–Crippen MR) is 117 cm³/mol. The quantitative estimate of drug-likeness (QED) is 0.295. The van der Waals surface area contributed by atoms with E-state index in [9.17, 15) is 10.4 Å². The van der Waals surface area contributed by atoms with Crippen molar-refractivity contribution in [2.24, 2.45) is 0 Å². The number of halogens is 2. The molecule has 0 saturated carbocycles. The molecule has 0 spiro atoms. The number of pyridine rings is 1. The van der Waals surface area contributed by atoms with Crippen LogP contribution < -0.4 is 4.74 Å². The summed E-state index contributed by atoms with van der Waals surface area (Å²) in [6.07, 6.45) is 0. The molecule has 0 atom stereocenters. The van der Waals surface area contributed by atoms with E-state index in [2.05, 4.69) is 9.97 Å². The Bertz CT molecular complexity index is 1290. The van der Waals surface area contributed by atoms with Crippen LogP contribution in [-0.2, 0) is 0 Å². The van der Waals surface area contributed by atoms with E-state index in [4.69, 9.17) is 27.9 Å². The third-order valence-corrected chi connectivity index (χ3v) is 5.89. The molecule has 29 heavy (non-hydrogen) atoms. The van der Waals surface area contributed by atoms with Crippen LogP contribution in [0.1, 0.15) is 10.7 Å². The fourth-order valence-electron chi connectivity index (χ4n) is 2.86. The Labute approximate surface area is 180 Å². The van der Waals surface area contributed by atoms with E-state index in [0.29, 0.717) is 26.7 Å². The first kappa shape index (κ1) is 19.5. The highest BCUT2D eigenvalue weighted by Gasteiger charge is 2.17. The molecule has 8 heteroatoms. The van der Waals surface area contributed by atoms with Gasteiger partial charge in [0, 0.05) is 11.1 Å². The minimum atomic E-state index is -0.259. The topological polar surface area (TPSA) is 79.0 Å². The van der Waals surface area contributed by atoms with Gasteiger partial charge in [0.1, 0.15) is 28.8 Å². The number of aliphatic hydroxyl groups excluding tert-OH is 1. The Kier molecular flexibility index (Phi) is 5.29. The van der Waals surface area contributed by atoms with Crippen molar-refractivity contribution in [3.63, 3.8) is 0 Å². The van der Waals surface area contributed by atoms with Crippen LogP contribution in [0.15, 0.2) is 48.2 Å². The molecule has 2 aromatic heterocycles. The molecule has 0 aliphatic rings. The summed E-state index contributed by atoms with van der Waals surface area (Å²) in [6, 6.07) is 14.8. The maximum absolute atomic E-state index is 10.5. The van der Waals surface area contributed by atoms with E-state index in [1.165, 1.54) is 11.3 Å². The number of nitriles is 1. The van der Waals surface area contributed by atoms with Crippen LogP contribution in [0, 0.1) is 18.3 Å². The van der Waals surface area contributed by atoms with Gasteiger partial charge in [-0.3, -0.25) is 0 Å². The number of ether oxygens (including phenoxy) is 1. The zero-order chi connectivity index (χ0) is 20.5. The first-order valence-corrected chi connectivity index (χ1v) is 10.1. The van der Waals surface area contributed by atoms with E-state index < -0.39 is 0 Å². The van der Waals surface area contributed by atoms with Crippen molar-refractivity contribution in [1.82, 2.24) is 9.97 Å². The molecule has 4 rings (SSSR count). The van der Waals surface area contributed by atoms with Gasteiger partial charge in [0.05, 0.1) is 20.3 Å². The Morgan fingerprint density at radius 2 is 1.97 bits per heavy atom. The molecule has 0 saturated heterocycles. The summed E-state index contributed by atoms with van der Waals surface area (Å²) in [5, 5.41) is 21.9. The molecule has 5 nitrogen and oxygen atoms in total. The van der Waals surface area contributed by atoms with Gasteiger partial charge in [-0.15, -0.1) is 11.3 Å². The molecule has 4 aromatic rings. The van der Waals surface area contributed by atoms with Gasteiger partial charge in [-0.1, -0.05) is 35.3 Å². The van der Waals surface area contributed by atoms with Gasteiger partial charge in [0.25, 0.3) is 0 Å². The fraction of sp³-hybridized carbons (Fsp3) is 0.0952. The second-order valence-corrected chi connectivity index (χ2v) is 8.07. The van der Waals surface area contributed by atoms with Crippen molar-refractivity contribution in [2.75, 3.05) is 6.61 Å².